The smallest absolute Gasteiger partial charge is 0.0166 e. The van der Waals surface area contributed by atoms with Crippen LogP contribution >= 0.6 is 0 Å². The van der Waals surface area contributed by atoms with E-state index in [2.05, 4.69) is 5.32 Å². The molecule has 3 rings (SSSR count). The number of nitrogens with one attached hydrogen (secondary N) is 1. The molecule has 0 bridgehead atoms. The molecule has 0 aromatic carbocycles. The maximum absolute atomic E-state index is 6.22. The quantitative estimate of drug-likeness (QED) is 0.649. The van der Waals surface area contributed by atoms with Gasteiger partial charge in [0.25, 0.3) is 0 Å². The molecular formula is C14H26N2. The van der Waals surface area contributed by atoms with Crippen molar-refractivity contribution in [3.05, 3.63) is 0 Å². The Bertz CT molecular complexity index is 227. The lowest BCUT2D eigenvalue weighted by Crippen LogP contribution is -2.48. The molecule has 0 aromatic rings. The highest BCUT2D eigenvalue weighted by Gasteiger charge is 2.41. The lowest BCUT2D eigenvalue weighted by atomic mass is 9.75. The molecule has 3 fully saturated rings. The van der Waals surface area contributed by atoms with Crippen LogP contribution in [0.2, 0.25) is 0 Å². The summed E-state index contributed by atoms with van der Waals surface area (Å²) in [4.78, 5) is 0. The molecule has 2 heteroatoms. The third kappa shape index (κ3) is 2.60. The normalized spacial score (nSPS) is 28.1. The van der Waals surface area contributed by atoms with Crippen LogP contribution < -0.4 is 11.1 Å². The van der Waals surface area contributed by atoms with E-state index < -0.39 is 0 Å². The monoisotopic (exact) mass is 222 g/mol. The molecule has 0 aliphatic heterocycles. The zero-order valence-electron chi connectivity index (χ0n) is 10.4. The summed E-state index contributed by atoms with van der Waals surface area (Å²) in [6.07, 6.45) is 11.1. The van der Waals surface area contributed by atoms with Crippen LogP contribution in [0.15, 0.2) is 0 Å². The Balaban J connectivity index is 1.32. The standard InChI is InChI=1S/C14H26N2/c15-14(6-1-7-14)8-9-16-10-13(11-2-3-11)12-4-5-12/h11-13,16H,1-10,15H2. The van der Waals surface area contributed by atoms with Crippen LogP contribution in [0.25, 0.3) is 0 Å². The van der Waals surface area contributed by atoms with Gasteiger partial charge >= 0.3 is 0 Å². The molecule has 0 saturated heterocycles. The number of rotatable bonds is 7. The summed E-state index contributed by atoms with van der Waals surface area (Å²) in [5.74, 6) is 3.17. The van der Waals surface area contributed by atoms with Crippen molar-refractivity contribution in [3.8, 4) is 0 Å². The average Bonchev–Trinajstić information content (AvgIpc) is 3.07. The van der Waals surface area contributed by atoms with Gasteiger partial charge in [-0.05, 0) is 82.2 Å². The predicted octanol–water partition coefficient (Wildman–Crippen LogP) is 2.28. The molecule has 0 atom stereocenters. The first kappa shape index (κ1) is 11.0. The molecule has 0 unspecified atom stereocenters. The van der Waals surface area contributed by atoms with Gasteiger partial charge in [0, 0.05) is 5.54 Å². The van der Waals surface area contributed by atoms with Gasteiger partial charge in [-0.15, -0.1) is 0 Å². The van der Waals surface area contributed by atoms with E-state index in [1.807, 2.05) is 0 Å². The van der Waals surface area contributed by atoms with Gasteiger partial charge in [0.2, 0.25) is 0 Å². The first-order valence-electron chi connectivity index (χ1n) is 7.26. The molecule has 3 N–H and O–H groups in total. The number of hydrogen-bond donors (Lipinski definition) is 2. The van der Waals surface area contributed by atoms with Gasteiger partial charge in [-0.25, -0.2) is 0 Å². The van der Waals surface area contributed by atoms with Crippen LogP contribution in [0.1, 0.15) is 51.4 Å². The van der Waals surface area contributed by atoms with Crippen LogP contribution in [0, 0.1) is 17.8 Å². The Hall–Kier alpha value is -0.0800. The lowest BCUT2D eigenvalue weighted by molar-refractivity contribution is 0.226. The third-order valence-electron chi connectivity index (χ3n) is 4.98. The second kappa shape index (κ2) is 4.30. The van der Waals surface area contributed by atoms with Crippen molar-refractivity contribution in [1.82, 2.24) is 5.32 Å². The largest absolute Gasteiger partial charge is 0.325 e. The van der Waals surface area contributed by atoms with E-state index in [4.69, 9.17) is 5.73 Å². The van der Waals surface area contributed by atoms with Crippen LogP contribution in [-0.4, -0.2) is 18.6 Å². The summed E-state index contributed by atoms with van der Waals surface area (Å²) in [5, 5.41) is 3.67. The fourth-order valence-corrected chi connectivity index (χ4v) is 3.25. The minimum atomic E-state index is 0.210. The second-order valence-corrected chi connectivity index (χ2v) is 6.51. The van der Waals surface area contributed by atoms with Gasteiger partial charge in [-0.1, -0.05) is 0 Å². The molecule has 0 radical (unpaired) electrons. The van der Waals surface area contributed by atoms with E-state index in [0.29, 0.717) is 0 Å². The van der Waals surface area contributed by atoms with Gasteiger partial charge < -0.3 is 11.1 Å². The fraction of sp³-hybridized carbons (Fsp3) is 1.00. The molecule has 0 spiro atoms. The van der Waals surface area contributed by atoms with Gasteiger partial charge in [0.1, 0.15) is 0 Å². The molecule has 0 aromatic heterocycles. The van der Waals surface area contributed by atoms with Crippen molar-refractivity contribution in [2.45, 2.75) is 56.9 Å². The van der Waals surface area contributed by atoms with Crippen molar-refractivity contribution >= 4 is 0 Å². The summed E-state index contributed by atoms with van der Waals surface area (Å²) in [6, 6.07) is 0. The van der Waals surface area contributed by atoms with Crippen molar-refractivity contribution in [2.75, 3.05) is 13.1 Å². The van der Waals surface area contributed by atoms with E-state index in [9.17, 15) is 0 Å². The van der Waals surface area contributed by atoms with Gasteiger partial charge in [0.05, 0.1) is 0 Å². The third-order valence-corrected chi connectivity index (χ3v) is 4.98. The van der Waals surface area contributed by atoms with Crippen LogP contribution in [0.3, 0.4) is 0 Å². The summed E-state index contributed by atoms with van der Waals surface area (Å²) in [5.41, 5.74) is 6.43. The van der Waals surface area contributed by atoms with Gasteiger partial charge in [-0.3, -0.25) is 0 Å². The SMILES string of the molecule is NC1(CCNCC(C2CC2)C2CC2)CCC1. The first-order valence-corrected chi connectivity index (χ1v) is 7.26. The number of nitrogens with two attached hydrogens (primary N) is 1. The molecule has 2 nitrogen and oxygen atoms in total. The number of hydrogen-bond acceptors (Lipinski definition) is 2. The Morgan fingerprint density at radius 3 is 2.19 bits per heavy atom. The minimum absolute atomic E-state index is 0.210. The van der Waals surface area contributed by atoms with Crippen LogP contribution in [0.4, 0.5) is 0 Å². The molecule has 0 amide bonds. The average molecular weight is 222 g/mol. The second-order valence-electron chi connectivity index (χ2n) is 6.51. The Labute approximate surface area is 99.4 Å². The van der Waals surface area contributed by atoms with E-state index >= 15 is 0 Å². The van der Waals surface area contributed by atoms with Crippen molar-refractivity contribution in [2.24, 2.45) is 23.5 Å². The lowest BCUT2D eigenvalue weighted by Gasteiger charge is -2.38. The molecule has 3 aliphatic rings. The minimum Gasteiger partial charge on any atom is -0.325 e. The van der Waals surface area contributed by atoms with E-state index in [1.165, 1.54) is 57.9 Å². The Kier molecular flexibility index (Phi) is 2.97. The van der Waals surface area contributed by atoms with Crippen LogP contribution in [-0.2, 0) is 0 Å². The molecular weight excluding hydrogens is 196 g/mol. The predicted molar refractivity (Wildman–Crippen MR) is 67.2 cm³/mol. The molecule has 92 valence electrons. The van der Waals surface area contributed by atoms with E-state index in [-0.39, 0.29) is 5.54 Å². The molecule has 3 aliphatic carbocycles. The van der Waals surface area contributed by atoms with Gasteiger partial charge in [-0.2, -0.15) is 0 Å². The van der Waals surface area contributed by atoms with Crippen LogP contribution in [0.5, 0.6) is 0 Å². The maximum Gasteiger partial charge on any atom is 0.0166 e. The van der Waals surface area contributed by atoms with Crippen molar-refractivity contribution in [3.63, 3.8) is 0 Å². The fourth-order valence-electron chi connectivity index (χ4n) is 3.25. The Morgan fingerprint density at radius 1 is 1.12 bits per heavy atom. The summed E-state index contributed by atoms with van der Waals surface area (Å²) in [7, 11) is 0. The van der Waals surface area contributed by atoms with Gasteiger partial charge in [0.15, 0.2) is 0 Å². The van der Waals surface area contributed by atoms with E-state index in [1.54, 1.807) is 0 Å². The topological polar surface area (TPSA) is 38.0 Å². The zero-order valence-corrected chi connectivity index (χ0v) is 10.4. The summed E-state index contributed by atoms with van der Waals surface area (Å²) >= 11 is 0. The molecule has 3 saturated carbocycles. The summed E-state index contributed by atoms with van der Waals surface area (Å²) in [6.45, 7) is 2.41. The first-order chi connectivity index (χ1) is 7.77. The zero-order chi connectivity index (χ0) is 11.0. The highest BCUT2D eigenvalue weighted by atomic mass is 14.9. The Morgan fingerprint density at radius 2 is 1.75 bits per heavy atom. The van der Waals surface area contributed by atoms with Crippen molar-refractivity contribution in [1.29, 1.82) is 0 Å². The van der Waals surface area contributed by atoms with Crippen molar-refractivity contribution < 1.29 is 0 Å². The molecule has 0 heterocycles. The van der Waals surface area contributed by atoms with E-state index in [0.717, 1.165) is 24.3 Å². The maximum atomic E-state index is 6.22. The highest BCUT2D eigenvalue weighted by molar-refractivity contribution is 4.94. The molecule has 16 heavy (non-hydrogen) atoms. The summed E-state index contributed by atoms with van der Waals surface area (Å²) < 4.78 is 0. The highest BCUT2D eigenvalue weighted by Crippen LogP contribution is 2.48.